The second-order valence-electron chi connectivity index (χ2n) is 4.08. The van der Waals surface area contributed by atoms with E-state index in [0.717, 1.165) is 30.8 Å². The van der Waals surface area contributed by atoms with Crippen molar-refractivity contribution in [3.63, 3.8) is 0 Å². The van der Waals surface area contributed by atoms with Gasteiger partial charge in [-0.1, -0.05) is 13.8 Å². The molecule has 0 atom stereocenters. The maximum atomic E-state index is 5.16. The predicted octanol–water partition coefficient (Wildman–Crippen LogP) is 2.03. The van der Waals surface area contributed by atoms with Crippen LogP contribution >= 0.6 is 0 Å². The molecule has 0 aliphatic heterocycles. The van der Waals surface area contributed by atoms with E-state index >= 15 is 0 Å². The minimum absolute atomic E-state index is 0.755. The van der Waals surface area contributed by atoms with Gasteiger partial charge in [-0.25, -0.2) is 0 Å². The van der Waals surface area contributed by atoms with Crippen LogP contribution in [0.1, 0.15) is 33.1 Å². The molecule has 0 radical (unpaired) electrons. The maximum absolute atomic E-state index is 5.16. The van der Waals surface area contributed by atoms with Crippen molar-refractivity contribution in [2.24, 2.45) is 11.8 Å². The fraction of sp³-hybridized carbons (Fsp3) is 0.818. The Morgan fingerprint density at radius 2 is 2.17 bits per heavy atom. The molecule has 0 aromatic rings. The van der Waals surface area contributed by atoms with Crippen LogP contribution in [-0.4, -0.2) is 12.6 Å². The van der Waals surface area contributed by atoms with Gasteiger partial charge in [0.05, 0.1) is 0 Å². The number of hydrogen-bond donors (Lipinski definition) is 1. The van der Waals surface area contributed by atoms with E-state index < -0.39 is 0 Å². The summed E-state index contributed by atoms with van der Waals surface area (Å²) in [4.78, 5) is 0. The van der Waals surface area contributed by atoms with Crippen molar-refractivity contribution in [1.82, 2.24) is 5.32 Å². The first-order chi connectivity index (χ1) is 5.74. The second kappa shape index (κ2) is 4.52. The highest BCUT2D eigenvalue weighted by Crippen LogP contribution is 2.33. The van der Waals surface area contributed by atoms with E-state index in [1.807, 2.05) is 0 Å². The Morgan fingerprint density at radius 3 is 2.67 bits per heavy atom. The van der Waals surface area contributed by atoms with Crippen molar-refractivity contribution in [2.45, 2.75) is 39.2 Å². The third-order valence-electron chi connectivity index (χ3n) is 2.82. The average Bonchev–Trinajstić information content (AvgIpc) is 1.93. The molecule has 1 aliphatic carbocycles. The Balaban J connectivity index is 1.99. The van der Waals surface area contributed by atoms with Gasteiger partial charge in [-0.05, 0) is 24.7 Å². The van der Waals surface area contributed by atoms with E-state index in [4.69, 9.17) is 6.42 Å². The van der Waals surface area contributed by atoms with E-state index in [-0.39, 0.29) is 0 Å². The summed E-state index contributed by atoms with van der Waals surface area (Å²) in [5.41, 5.74) is 0. The summed E-state index contributed by atoms with van der Waals surface area (Å²) in [6.07, 6.45) is 8.72. The van der Waals surface area contributed by atoms with Gasteiger partial charge in [-0.15, -0.1) is 12.3 Å². The van der Waals surface area contributed by atoms with Gasteiger partial charge in [0, 0.05) is 19.0 Å². The van der Waals surface area contributed by atoms with Gasteiger partial charge < -0.3 is 5.32 Å². The normalized spacial score (nSPS) is 28.2. The maximum Gasteiger partial charge on any atom is 0.0211 e. The molecule has 1 aliphatic rings. The summed E-state index contributed by atoms with van der Waals surface area (Å²) in [6, 6.07) is 0.755. The average molecular weight is 165 g/mol. The zero-order chi connectivity index (χ0) is 8.97. The third-order valence-corrected chi connectivity index (χ3v) is 2.82. The van der Waals surface area contributed by atoms with Gasteiger partial charge in [0.1, 0.15) is 0 Å². The SMILES string of the molecule is C#CCCNC1CC(C(C)C)C1. The molecular formula is C11H19N. The summed E-state index contributed by atoms with van der Waals surface area (Å²) in [6.45, 7) is 5.61. The van der Waals surface area contributed by atoms with E-state index in [2.05, 4.69) is 25.1 Å². The van der Waals surface area contributed by atoms with Crippen LogP contribution in [0, 0.1) is 24.2 Å². The molecule has 1 nitrogen and oxygen atoms in total. The van der Waals surface area contributed by atoms with Crippen LogP contribution in [-0.2, 0) is 0 Å². The molecule has 0 heterocycles. The molecule has 0 amide bonds. The van der Waals surface area contributed by atoms with Gasteiger partial charge in [0.25, 0.3) is 0 Å². The molecule has 0 unspecified atom stereocenters. The van der Waals surface area contributed by atoms with Crippen LogP contribution in [0.15, 0.2) is 0 Å². The topological polar surface area (TPSA) is 12.0 Å². The Bertz CT molecular complexity index is 160. The predicted molar refractivity (Wildman–Crippen MR) is 52.8 cm³/mol. The third kappa shape index (κ3) is 2.53. The van der Waals surface area contributed by atoms with Gasteiger partial charge in [-0.3, -0.25) is 0 Å². The van der Waals surface area contributed by atoms with Crippen molar-refractivity contribution in [2.75, 3.05) is 6.54 Å². The van der Waals surface area contributed by atoms with Gasteiger partial charge in [0.2, 0.25) is 0 Å². The van der Waals surface area contributed by atoms with Crippen molar-refractivity contribution in [3.05, 3.63) is 0 Å². The van der Waals surface area contributed by atoms with Crippen LogP contribution in [0.4, 0.5) is 0 Å². The molecule has 1 fully saturated rings. The standard InChI is InChI=1S/C11H19N/c1-4-5-6-12-11-7-10(8-11)9(2)3/h1,9-12H,5-8H2,2-3H3. The van der Waals surface area contributed by atoms with E-state index in [1.165, 1.54) is 12.8 Å². The van der Waals surface area contributed by atoms with Crippen molar-refractivity contribution < 1.29 is 0 Å². The molecule has 0 bridgehead atoms. The molecule has 1 rings (SSSR count). The Hall–Kier alpha value is -0.480. The van der Waals surface area contributed by atoms with Gasteiger partial charge in [0.15, 0.2) is 0 Å². The van der Waals surface area contributed by atoms with E-state index in [9.17, 15) is 0 Å². The van der Waals surface area contributed by atoms with Crippen molar-refractivity contribution >= 4 is 0 Å². The van der Waals surface area contributed by atoms with Gasteiger partial charge in [-0.2, -0.15) is 0 Å². The molecule has 0 spiro atoms. The van der Waals surface area contributed by atoms with E-state index in [0.29, 0.717) is 0 Å². The first-order valence-electron chi connectivity index (χ1n) is 4.91. The van der Waals surface area contributed by atoms with Crippen molar-refractivity contribution in [1.29, 1.82) is 0 Å². The highest BCUT2D eigenvalue weighted by atomic mass is 14.9. The number of hydrogen-bond acceptors (Lipinski definition) is 1. The highest BCUT2D eigenvalue weighted by Gasteiger charge is 2.30. The summed E-state index contributed by atoms with van der Waals surface area (Å²) in [7, 11) is 0. The quantitative estimate of drug-likeness (QED) is 0.496. The molecule has 12 heavy (non-hydrogen) atoms. The number of nitrogens with one attached hydrogen (secondary N) is 1. The highest BCUT2D eigenvalue weighted by molar-refractivity contribution is 4.89. The molecule has 1 heteroatoms. The fourth-order valence-corrected chi connectivity index (χ4v) is 1.72. The second-order valence-corrected chi connectivity index (χ2v) is 4.08. The van der Waals surface area contributed by atoms with Crippen LogP contribution in [0.2, 0.25) is 0 Å². The lowest BCUT2D eigenvalue weighted by molar-refractivity contribution is 0.170. The minimum atomic E-state index is 0.755. The molecule has 1 N–H and O–H groups in total. The smallest absolute Gasteiger partial charge is 0.0211 e. The molecular weight excluding hydrogens is 146 g/mol. The van der Waals surface area contributed by atoms with Gasteiger partial charge >= 0.3 is 0 Å². The number of terminal acetylenes is 1. The molecule has 1 saturated carbocycles. The zero-order valence-corrected chi connectivity index (χ0v) is 8.14. The first kappa shape index (κ1) is 9.61. The molecule has 0 aromatic heterocycles. The van der Waals surface area contributed by atoms with Crippen molar-refractivity contribution in [3.8, 4) is 12.3 Å². The molecule has 68 valence electrons. The fourth-order valence-electron chi connectivity index (χ4n) is 1.72. The summed E-state index contributed by atoms with van der Waals surface area (Å²) < 4.78 is 0. The van der Waals surface area contributed by atoms with Crippen LogP contribution < -0.4 is 5.32 Å². The summed E-state index contributed by atoms with van der Waals surface area (Å²) in [5, 5.41) is 3.46. The largest absolute Gasteiger partial charge is 0.313 e. The zero-order valence-electron chi connectivity index (χ0n) is 8.14. The Morgan fingerprint density at radius 1 is 1.50 bits per heavy atom. The minimum Gasteiger partial charge on any atom is -0.313 e. The summed E-state index contributed by atoms with van der Waals surface area (Å²) in [5.74, 6) is 4.45. The monoisotopic (exact) mass is 165 g/mol. The Kier molecular flexibility index (Phi) is 3.62. The van der Waals surface area contributed by atoms with Crippen LogP contribution in [0.25, 0.3) is 0 Å². The van der Waals surface area contributed by atoms with Crippen LogP contribution in [0.5, 0.6) is 0 Å². The lowest BCUT2D eigenvalue weighted by Gasteiger charge is -2.38. The number of rotatable bonds is 4. The lowest BCUT2D eigenvalue weighted by atomic mass is 9.74. The first-order valence-corrected chi connectivity index (χ1v) is 4.91. The van der Waals surface area contributed by atoms with Crippen LogP contribution in [0.3, 0.4) is 0 Å². The summed E-state index contributed by atoms with van der Waals surface area (Å²) >= 11 is 0. The van der Waals surface area contributed by atoms with E-state index in [1.54, 1.807) is 0 Å². The molecule has 0 aromatic carbocycles. The Labute approximate surface area is 75.9 Å². The lowest BCUT2D eigenvalue weighted by Crippen LogP contribution is -2.43. The molecule has 0 saturated heterocycles.